The minimum Gasteiger partial charge on any atom is -0.478 e. The number of benzene rings is 2. The molecule has 0 spiro atoms. The molecule has 1 saturated heterocycles. The first kappa shape index (κ1) is 17.6. The molecule has 0 aliphatic carbocycles. The van der Waals surface area contributed by atoms with Gasteiger partial charge in [0.1, 0.15) is 0 Å². The smallest absolute Gasteiger partial charge is 0.328 e. The molecule has 1 aliphatic rings. The van der Waals surface area contributed by atoms with E-state index in [1.807, 2.05) is 31.2 Å². The Hall–Kier alpha value is -3.21. The highest BCUT2D eigenvalue weighted by atomic mass is 16.4. The lowest BCUT2D eigenvalue weighted by Crippen LogP contribution is -2.30. The number of aryl methyl sites for hydroxylation is 1. The molecule has 1 aliphatic heterocycles. The zero-order valence-electron chi connectivity index (χ0n) is 14.4. The van der Waals surface area contributed by atoms with Gasteiger partial charge in [-0.05, 0) is 42.7 Å². The first-order valence-electron chi connectivity index (χ1n) is 8.37. The number of anilines is 1. The summed E-state index contributed by atoms with van der Waals surface area (Å²) in [6.07, 6.45) is 3.24. The van der Waals surface area contributed by atoms with Crippen molar-refractivity contribution in [3.8, 4) is 0 Å². The number of hydrogen-bond donors (Lipinski definition) is 1. The van der Waals surface area contributed by atoms with E-state index in [0.717, 1.165) is 17.2 Å². The van der Waals surface area contributed by atoms with Gasteiger partial charge in [0.05, 0.1) is 11.6 Å². The normalized spacial score (nSPS) is 17.3. The number of hydrogen-bond acceptors (Lipinski definition) is 3. The largest absolute Gasteiger partial charge is 0.478 e. The Morgan fingerprint density at radius 2 is 1.92 bits per heavy atom. The standard InChI is InChI=1S/C21H19NO4/c1-14-3-2-4-16(11-14)12-17-13-19(23)22(21(17)26)18-8-5-15(6-9-18)7-10-20(24)25/h2-11,17H,12-13H2,1H3,(H,24,25)/b10-7+. The first-order chi connectivity index (χ1) is 12.4. The van der Waals surface area contributed by atoms with Crippen LogP contribution in [0.15, 0.2) is 54.6 Å². The molecule has 1 fully saturated rings. The number of amides is 2. The predicted octanol–water partition coefficient (Wildman–Crippen LogP) is 3.22. The van der Waals surface area contributed by atoms with Crippen LogP contribution in [0, 0.1) is 12.8 Å². The number of imide groups is 1. The SMILES string of the molecule is Cc1cccc(CC2CC(=O)N(c3ccc(/C=C/C(=O)O)cc3)C2=O)c1. The highest BCUT2D eigenvalue weighted by molar-refractivity contribution is 6.21. The van der Waals surface area contributed by atoms with Crippen molar-refractivity contribution in [2.24, 2.45) is 5.92 Å². The molecular formula is C21H19NO4. The van der Waals surface area contributed by atoms with Gasteiger partial charge in [0.15, 0.2) is 0 Å². The van der Waals surface area contributed by atoms with Crippen LogP contribution in [-0.4, -0.2) is 22.9 Å². The van der Waals surface area contributed by atoms with E-state index in [-0.39, 0.29) is 24.2 Å². The Morgan fingerprint density at radius 1 is 1.19 bits per heavy atom. The molecule has 0 bridgehead atoms. The molecule has 26 heavy (non-hydrogen) atoms. The van der Waals surface area contributed by atoms with Gasteiger partial charge in [-0.3, -0.25) is 14.5 Å². The molecule has 0 radical (unpaired) electrons. The number of carbonyl (C=O) groups excluding carboxylic acids is 2. The molecule has 0 saturated carbocycles. The highest BCUT2D eigenvalue weighted by Gasteiger charge is 2.39. The summed E-state index contributed by atoms with van der Waals surface area (Å²) in [6, 6.07) is 14.6. The third-order valence-corrected chi connectivity index (χ3v) is 4.37. The summed E-state index contributed by atoms with van der Waals surface area (Å²) in [5, 5.41) is 8.65. The Labute approximate surface area is 151 Å². The summed E-state index contributed by atoms with van der Waals surface area (Å²) in [5.41, 5.74) is 3.37. The summed E-state index contributed by atoms with van der Waals surface area (Å²) in [6.45, 7) is 2.00. The molecule has 5 heteroatoms. The van der Waals surface area contributed by atoms with Gasteiger partial charge in [-0.1, -0.05) is 42.0 Å². The second-order valence-electron chi connectivity index (χ2n) is 6.42. The maximum absolute atomic E-state index is 12.7. The average Bonchev–Trinajstić information content (AvgIpc) is 2.87. The number of carbonyl (C=O) groups is 3. The molecule has 1 heterocycles. The molecule has 2 amide bonds. The summed E-state index contributed by atoms with van der Waals surface area (Å²) >= 11 is 0. The van der Waals surface area contributed by atoms with Crippen LogP contribution in [0.2, 0.25) is 0 Å². The van der Waals surface area contributed by atoms with Crippen molar-refractivity contribution >= 4 is 29.5 Å². The number of rotatable bonds is 5. The van der Waals surface area contributed by atoms with Crippen molar-refractivity contribution in [2.45, 2.75) is 19.8 Å². The number of nitrogens with zero attached hydrogens (tertiary/aromatic N) is 1. The minimum absolute atomic E-state index is 0.190. The lowest BCUT2D eigenvalue weighted by atomic mass is 9.97. The first-order valence-corrected chi connectivity index (χ1v) is 8.37. The van der Waals surface area contributed by atoms with Crippen molar-refractivity contribution in [3.05, 3.63) is 71.3 Å². The fraction of sp³-hybridized carbons (Fsp3) is 0.190. The van der Waals surface area contributed by atoms with E-state index in [2.05, 4.69) is 0 Å². The van der Waals surface area contributed by atoms with Crippen molar-refractivity contribution < 1.29 is 19.5 Å². The summed E-state index contributed by atoms with van der Waals surface area (Å²) in [7, 11) is 0. The van der Waals surface area contributed by atoms with Gasteiger partial charge in [-0.2, -0.15) is 0 Å². The monoisotopic (exact) mass is 349 g/mol. The van der Waals surface area contributed by atoms with Gasteiger partial charge in [-0.15, -0.1) is 0 Å². The number of aliphatic carboxylic acids is 1. The average molecular weight is 349 g/mol. The maximum Gasteiger partial charge on any atom is 0.328 e. The van der Waals surface area contributed by atoms with E-state index >= 15 is 0 Å². The van der Waals surface area contributed by atoms with Crippen LogP contribution in [-0.2, 0) is 20.8 Å². The number of carboxylic acids is 1. The van der Waals surface area contributed by atoms with E-state index in [4.69, 9.17) is 5.11 Å². The third kappa shape index (κ3) is 3.88. The van der Waals surface area contributed by atoms with Crippen molar-refractivity contribution in [1.29, 1.82) is 0 Å². The van der Waals surface area contributed by atoms with Crippen LogP contribution in [0.3, 0.4) is 0 Å². The molecule has 2 aromatic carbocycles. The lowest BCUT2D eigenvalue weighted by molar-refractivity contribution is -0.131. The Morgan fingerprint density at radius 3 is 2.58 bits per heavy atom. The second-order valence-corrected chi connectivity index (χ2v) is 6.42. The maximum atomic E-state index is 12.7. The summed E-state index contributed by atoms with van der Waals surface area (Å²) in [5.74, 6) is -1.78. The third-order valence-electron chi connectivity index (χ3n) is 4.37. The second kappa shape index (κ2) is 7.35. The van der Waals surface area contributed by atoms with Gasteiger partial charge in [0.2, 0.25) is 11.8 Å². The van der Waals surface area contributed by atoms with Crippen molar-refractivity contribution in [1.82, 2.24) is 0 Å². The van der Waals surface area contributed by atoms with Gasteiger partial charge < -0.3 is 5.11 Å². The highest BCUT2D eigenvalue weighted by Crippen LogP contribution is 2.29. The van der Waals surface area contributed by atoms with E-state index in [1.54, 1.807) is 24.3 Å². The van der Waals surface area contributed by atoms with E-state index in [9.17, 15) is 14.4 Å². The predicted molar refractivity (Wildman–Crippen MR) is 98.6 cm³/mol. The van der Waals surface area contributed by atoms with Crippen LogP contribution in [0.5, 0.6) is 0 Å². The van der Waals surface area contributed by atoms with Crippen molar-refractivity contribution in [2.75, 3.05) is 4.90 Å². The van der Waals surface area contributed by atoms with E-state index < -0.39 is 5.97 Å². The van der Waals surface area contributed by atoms with Crippen LogP contribution in [0.1, 0.15) is 23.1 Å². The zero-order valence-corrected chi connectivity index (χ0v) is 14.4. The zero-order chi connectivity index (χ0) is 18.7. The van der Waals surface area contributed by atoms with E-state index in [1.165, 1.54) is 11.0 Å². The molecule has 1 N–H and O–H groups in total. The topological polar surface area (TPSA) is 74.7 Å². The lowest BCUT2D eigenvalue weighted by Gasteiger charge is -2.15. The number of carboxylic acid groups (broad SMARTS) is 1. The molecule has 1 unspecified atom stereocenters. The van der Waals surface area contributed by atoms with Crippen LogP contribution < -0.4 is 4.90 Å². The van der Waals surface area contributed by atoms with Gasteiger partial charge >= 0.3 is 5.97 Å². The van der Waals surface area contributed by atoms with Crippen LogP contribution in [0.25, 0.3) is 6.08 Å². The Kier molecular flexibility index (Phi) is 4.98. The summed E-state index contributed by atoms with van der Waals surface area (Å²) < 4.78 is 0. The van der Waals surface area contributed by atoms with Gasteiger partial charge in [0, 0.05) is 12.5 Å². The van der Waals surface area contributed by atoms with Gasteiger partial charge in [-0.25, -0.2) is 4.79 Å². The molecule has 5 nitrogen and oxygen atoms in total. The fourth-order valence-corrected chi connectivity index (χ4v) is 3.15. The summed E-state index contributed by atoms with van der Waals surface area (Å²) in [4.78, 5) is 36.9. The molecule has 3 rings (SSSR count). The van der Waals surface area contributed by atoms with Crippen molar-refractivity contribution in [3.63, 3.8) is 0 Å². The quantitative estimate of drug-likeness (QED) is 0.664. The van der Waals surface area contributed by atoms with Gasteiger partial charge in [0.25, 0.3) is 0 Å². The molecule has 132 valence electrons. The fourth-order valence-electron chi connectivity index (χ4n) is 3.15. The minimum atomic E-state index is -1.03. The molecule has 0 aromatic heterocycles. The molecule has 2 aromatic rings. The Balaban J connectivity index is 1.75. The van der Waals surface area contributed by atoms with E-state index in [0.29, 0.717) is 17.7 Å². The van der Waals surface area contributed by atoms with Crippen LogP contribution >= 0.6 is 0 Å². The van der Waals surface area contributed by atoms with Crippen LogP contribution in [0.4, 0.5) is 5.69 Å². The Bertz CT molecular complexity index is 883. The molecular weight excluding hydrogens is 330 g/mol. The molecule has 1 atom stereocenters.